The van der Waals surface area contributed by atoms with E-state index in [2.05, 4.69) is 20.7 Å². The van der Waals surface area contributed by atoms with Crippen LogP contribution in [-0.2, 0) is 6.54 Å². The molecule has 0 saturated heterocycles. The van der Waals surface area contributed by atoms with Gasteiger partial charge in [0.25, 0.3) is 0 Å². The molecule has 23 heavy (non-hydrogen) atoms. The third-order valence-electron chi connectivity index (χ3n) is 3.12. The van der Waals surface area contributed by atoms with Crippen LogP contribution in [0, 0.1) is 11.6 Å². The fraction of sp³-hybridized carbons (Fsp3) is 0.133. The predicted octanol–water partition coefficient (Wildman–Crippen LogP) is 2.35. The summed E-state index contributed by atoms with van der Waals surface area (Å²) in [5.41, 5.74) is 1.11. The third-order valence-corrected chi connectivity index (χ3v) is 3.12. The number of aliphatic hydroxyl groups excluding tert-OH is 1. The van der Waals surface area contributed by atoms with Gasteiger partial charge in [0.1, 0.15) is 11.6 Å². The summed E-state index contributed by atoms with van der Waals surface area (Å²) in [4.78, 5) is 1.26. The van der Waals surface area contributed by atoms with Gasteiger partial charge in [-0.2, -0.15) is 4.80 Å². The second kappa shape index (κ2) is 6.49. The van der Waals surface area contributed by atoms with Crippen LogP contribution in [0.4, 0.5) is 20.2 Å². The number of rotatable bonds is 5. The zero-order chi connectivity index (χ0) is 16.2. The summed E-state index contributed by atoms with van der Waals surface area (Å²) in [5.74, 6) is -0.796. The van der Waals surface area contributed by atoms with E-state index in [1.54, 1.807) is 24.3 Å². The molecule has 1 heterocycles. The van der Waals surface area contributed by atoms with E-state index in [1.165, 1.54) is 4.80 Å². The van der Waals surface area contributed by atoms with Crippen molar-refractivity contribution in [1.82, 2.24) is 20.2 Å². The Morgan fingerprint density at radius 2 is 1.91 bits per heavy atom. The van der Waals surface area contributed by atoms with Crippen LogP contribution in [0.5, 0.6) is 0 Å². The second-order valence-corrected chi connectivity index (χ2v) is 4.73. The summed E-state index contributed by atoms with van der Waals surface area (Å²) in [7, 11) is 0. The van der Waals surface area contributed by atoms with Gasteiger partial charge in [-0.05, 0) is 29.5 Å². The fourth-order valence-electron chi connectivity index (χ4n) is 2.06. The highest BCUT2D eigenvalue weighted by Gasteiger charge is 2.12. The minimum Gasteiger partial charge on any atom is -0.394 e. The first kappa shape index (κ1) is 15.0. The number of hydrogen-bond acceptors (Lipinski definition) is 5. The lowest BCUT2D eigenvalue weighted by atomic mass is 10.1. The van der Waals surface area contributed by atoms with Crippen molar-refractivity contribution in [2.45, 2.75) is 6.54 Å². The van der Waals surface area contributed by atoms with Gasteiger partial charge in [0, 0.05) is 17.3 Å². The maximum Gasteiger partial charge on any atom is 0.207 e. The minimum absolute atomic E-state index is 0.0141. The molecule has 3 rings (SSSR count). The molecular weight excluding hydrogens is 304 g/mol. The SMILES string of the molecule is OCCn1nnc(-c2ccccc2Nc2cc(F)ccc2F)n1. The molecule has 118 valence electrons. The zero-order valence-corrected chi connectivity index (χ0v) is 11.9. The maximum absolute atomic E-state index is 13.8. The third kappa shape index (κ3) is 3.32. The van der Waals surface area contributed by atoms with Crippen molar-refractivity contribution in [3.05, 3.63) is 54.1 Å². The molecule has 0 aliphatic carbocycles. The molecule has 0 radical (unpaired) electrons. The number of para-hydroxylation sites is 1. The summed E-state index contributed by atoms with van der Waals surface area (Å²) in [5, 5.41) is 23.6. The number of tetrazole rings is 1. The van der Waals surface area contributed by atoms with Gasteiger partial charge < -0.3 is 10.4 Å². The summed E-state index contributed by atoms with van der Waals surface area (Å²) < 4.78 is 27.1. The Morgan fingerprint density at radius 1 is 1.09 bits per heavy atom. The highest BCUT2D eigenvalue weighted by molar-refractivity contribution is 5.77. The molecule has 0 spiro atoms. The van der Waals surface area contributed by atoms with Crippen molar-refractivity contribution in [1.29, 1.82) is 0 Å². The summed E-state index contributed by atoms with van der Waals surface area (Å²) in [6.07, 6.45) is 0. The van der Waals surface area contributed by atoms with Crippen LogP contribution in [0.1, 0.15) is 0 Å². The van der Waals surface area contributed by atoms with Crippen molar-refractivity contribution < 1.29 is 13.9 Å². The first-order valence-electron chi connectivity index (χ1n) is 6.87. The molecule has 6 nitrogen and oxygen atoms in total. The molecule has 0 fully saturated rings. The molecule has 2 N–H and O–H groups in total. The molecule has 2 aromatic carbocycles. The topological polar surface area (TPSA) is 75.9 Å². The fourth-order valence-corrected chi connectivity index (χ4v) is 2.06. The molecule has 0 saturated carbocycles. The number of nitrogens with one attached hydrogen (secondary N) is 1. The van der Waals surface area contributed by atoms with E-state index in [0.717, 1.165) is 18.2 Å². The van der Waals surface area contributed by atoms with E-state index < -0.39 is 11.6 Å². The number of nitrogens with zero attached hydrogens (tertiary/aromatic N) is 4. The predicted molar refractivity (Wildman–Crippen MR) is 80.0 cm³/mol. The van der Waals surface area contributed by atoms with Crippen LogP contribution in [-0.4, -0.2) is 31.9 Å². The lowest BCUT2D eigenvalue weighted by Gasteiger charge is -2.10. The molecule has 8 heteroatoms. The van der Waals surface area contributed by atoms with E-state index in [9.17, 15) is 8.78 Å². The van der Waals surface area contributed by atoms with Gasteiger partial charge >= 0.3 is 0 Å². The molecule has 0 bridgehead atoms. The molecule has 0 amide bonds. The van der Waals surface area contributed by atoms with E-state index in [0.29, 0.717) is 17.1 Å². The van der Waals surface area contributed by atoms with Crippen LogP contribution in [0.2, 0.25) is 0 Å². The lowest BCUT2D eigenvalue weighted by Crippen LogP contribution is -2.05. The van der Waals surface area contributed by atoms with Gasteiger partial charge in [0.05, 0.1) is 18.8 Å². The number of aliphatic hydroxyl groups is 1. The molecular formula is C15H13F2N5O. The normalized spacial score (nSPS) is 10.7. The number of hydrogen-bond donors (Lipinski definition) is 2. The molecule has 0 aliphatic rings. The van der Waals surface area contributed by atoms with E-state index in [-0.39, 0.29) is 18.8 Å². The monoisotopic (exact) mass is 317 g/mol. The van der Waals surface area contributed by atoms with E-state index >= 15 is 0 Å². The van der Waals surface area contributed by atoms with Crippen molar-refractivity contribution in [2.24, 2.45) is 0 Å². The van der Waals surface area contributed by atoms with Gasteiger partial charge in [-0.15, -0.1) is 10.2 Å². The summed E-state index contributed by atoms with van der Waals surface area (Å²) in [6, 6.07) is 10.1. The first-order valence-corrected chi connectivity index (χ1v) is 6.87. The molecule has 0 atom stereocenters. The largest absolute Gasteiger partial charge is 0.394 e. The van der Waals surface area contributed by atoms with Gasteiger partial charge in [-0.25, -0.2) is 8.78 Å². The van der Waals surface area contributed by atoms with Crippen molar-refractivity contribution >= 4 is 11.4 Å². The first-order chi connectivity index (χ1) is 11.2. The summed E-state index contributed by atoms with van der Waals surface area (Å²) in [6.45, 7) is 0.116. The molecule has 1 aromatic heterocycles. The van der Waals surface area contributed by atoms with E-state index in [1.807, 2.05) is 0 Å². The Morgan fingerprint density at radius 3 is 2.74 bits per heavy atom. The number of anilines is 2. The second-order valence-electron chi connectivity index (χ2n) is 4.73. The highest BCUT2D eigenvalue weighted by Crippen LogP contribution is 2.28. The summed E-state index contributed by atoms with van der Waals surface area (Å²) >= 11 is 0. The average Bonchev–Trinajstić information content (AvgIpc) is 3.00. The average molecular weight is 317 g/mol. The Balaban J connectivity index is 1.95. The van der Waals surface area contributed by atoms with Gasteiger partial charge in [-0.3, -0.25) is 0 Å². The molecule has 0 aliphatic heterocycles. The quantitative estimate of drug-likeness (QED) is 0.755. The number of aromatic nitrogens is 4. The number of halogens is 2. The van der Waals surface area contributed by atoms with Gasteiger partial charge in [-0.1, -0.05) is 12.1 Å². The Bertz CT molecular complexity index is 821. The Hall–Kier alpha value is -2.87. The van der Waals surface area contributed by atoms with Crippen LogP contribution < -0.4 is 5.32 Å². The Kier molecular flexibility index (Phi) is 4.24. The van der Waals surface area contributed by atoms with Crippen molar-refractivity contribution in [3.63, 3.8) is 0 Å². The van der Waals surface area contributed by atoms with Crippen molar-refractivity contribution in [3.8, 4) is 11.4 Å². The standard InChI is InChI=1S/C15H13F2N5O/c16-10-5-6-12(17)14(9-10)18-13-4-2-1-3-11(13)15-19-21-22(20-15)7-8-23/h1-6,9,18,23H,7-8H2. The van der Waals surface area contributed by atoms with Crippen molar-refractivity contribution in [2.75, 3.05) is 11.9 Å². The van der Waals surface area contributed by atoms with E-state index in [4.69, 9.17) is 5.11 Å². The highest BCUT2D eigenvalue weighted by atomic mass is 19.1. The maximum atomic E-state index is 13.8. The number of benzene rings is 2. The van der Waals surface area contributed by atoms with Gasteiger partial charge in [0.2, 0.25) is 5.82 Å². The van der Waals surface area contributed by atoms with Crippen LogP contribution >= 0.6 is 0 Å². The molecule has 0 unspecified atom stereocenters. The van der Waals surface area contributed by atoms with Crippen LogP contribution in [0.3, 0.4) is 0 Å². The van der Waals surface area contributed by atoms with Crippen LogP contribution in [0.25, 0.3) is 11.4 Å². The van der Waals surface area contributed by atoms with Gasteiger partial charge in [0.15, 0.2) is 0 Å². The minimum atomic E-state index is -0.571. The molecule has 3 aromatic rings. The Labute approximate surface area is 130 Å². The smallest absolute Gasteiger partial charge is 0.207 e. The van der Waals surface area contributed by atoms with Crippen LogP contribution in [0.15, 0.2) is 42.5 Å². The lowest BCUT2D eigenvalue weighted by molar-refractivity contribution is 0.259. The zero-order valence-electron chi connectivity index (χ0n) is 11.9.